The molecule has 0 unspecified atom stereocenters. The van der Waals surface area contributed by atoms with Crippen LogP contribution in [0.25, 0.3) is 77.3 Å². The third-order valence-corrected chi connectivity index (χ3v) is 9.49. The van der Waals surface area contributed by atoms with Crippen molar-refractivity contribution in [2.45, 2.75) is 0 Å². The van der Waals surface area contributed by atoms with Crippen LogP contribution >= 0.6 is 0 Å². The fourth-order valence-electron chi connectivity index (χ4n) is 7.12. The van der Waals surface area contributed by atoms with Crippen LogP contribution in [0.4, 0.5) is 0 Å². The van der Waals surface area contributed by atoms with Crippen molar-refractivity contribution in [2.24, 2.45) is 0 Å². The van der Waals surface area contributed by atoms with E-state index in [1.54, 1.807) is 0 Å². The molecule has 1 aliphatic carbocycles. The lowest BCUT2D eigenvalue weighted by molar-refractivity contribution is 1.18. The molecule has 0 aliphatic heterocycles. The van der Waals surface area contributed by atoms with Crippen molar-refractivity contribution in [3.63, 3.8) is 0 Å². The first kappa shape index (κ1) is 28.7. The minimum absolute atomic E-state index is 0.979. The zero-order valence-corrected chi connectivity index (χ0v) is 26.9. The average molecular weight is 625 g/mol. The molecule has 0 N–H and O–H groups in total. The van der Waals surface area contributed by atoms with Gasteiger partial charge in [-0.15, -0.1) is 0 Å². The molecule has 0 saturated heterocycles. The van der Waals surface area contributed by atoms with Gasteiger partial charge in [0, 0.05) is 28.2 Å². The number of fused-ring (bicyclic) bond motifs is 5. The smallest absolute Gasteiger partial charge is 0.0701 e. The van der Waals surface area contributed by atoms with Crippen molar-refractivity contribution in [1.29, 1.82) is 0 Å². The van der Waals surface area contributed by atoms with Crippen LogP contribution in [-0.4, -0.2) is 9.55 Å². The second-order valence-corrected chi connectivity index (χ2v) is 12.4. The Morgan fingerprint density at radius 1 is 0.429 bits per heavy atom. The first-order chi connectivity index (χ1) is 24.3. The molecule has 0 amide bonds. The molecule has 0 atom stereocenters. The van der Waals surface area contributed by atoms with Crippen LogP contribution in [0.5, 0.6) is 0 Å². The number of pyridine rings is 1. The number of nitrogens with zero attached hydrogens (tertiary/aromatic N) is 2. The maximum atomic E-state index is 4.56. The molecule has 2 heterocycles. The average Bonchev–Trinajstić information content (AvgIpc) is 3.49. The predicted octanol–water partition coefficient (Wildman–Crippen LogP) is 12.4. The van der Waals surface area contributed by atoms with E-state index in [2.05, 4.69) is 179 Å². The van der Waals surface area contributed by atoms with E-state index < -0.39 is 0 Å². The summed E-state index contributed by atoms with van der Waals surface area (Å²) >= 11 is 0. The SMILES string of the molecule is C1=C/C=C/C=C(\c2ccc(-c3ccc4c5c6ccccc6c(-c6ccc(-c7ccccn7)cc6)cc5n(-c5ccccc5)c4c3)cc2)C=C1. The Morgan fingerprint density at radius 3 is 1.92 bits per heavy atom. The third kappa shape index (κ3) is 5.21. The number of hydrogen-bond acceptors (Lipinski definition) is 1. The van der Waals surface area contributed by atoms with Crippen LogP contribution < -0.4 is 0 Å². The first-order valence-corrected chi connectivity index (χ1v) is 16.7. The number of rotatable bonds is 5. The minimum Gasteiger partial charge on any atom is -0.309 e. The maximum Gasteiger partial charge on any atom is 0.0701 e. The molecule has 49 heavy (non-hydrogen) atoms. The van der Waals surface area contributed by atoms with E-state index in [9.17, 15) is 0 Å². The molecule has 0 fully saturated rings. The molecule has 2 aromatic heterocycles. The summed E-state index contributed by atoms with van der Waals surface area (Å²) in [6.07, 6.45) is 16.5. The Hall–Kier alpha value is -6.51. The summed E-state index contributed by atoms with van der Waals surface area (Å²) in [5, 5.41) is 5.02. The van der Waals surface area contributed by atoms with Crippen LogP contribution in [0, 0.1) is 0 Å². The number of benzene rings is 6. The molecule has 0 saturated carbocycles. The van der Waals surface area contributed by atoms with Gasteiger partial charge in [-0.25, -0.2) is 0 Å². The quantitative estimate of drug-likeness (QED) is 0.186. The summed E-state index contributed by atoms with van der Waals surface area (Å²) in [6, 6.07) is 52.7. The second-order valence-electron chi connectivity index (χ2n) is 12.4. The van der Waals surface area contributed by atoms with Crippen LogP contribution in [0.15, 0.2) is 194 Å². The van der Waals surface area contributed by atoms with Crippen molar-refractivity contribution >= 4 is 38.2 Å². The van der Waals surface area contributed by atoms with E-state index in [1.165, 1.54) is 66.0 Å². The largest absolute Gasteiger partial charge is 0.309 e. The van der Waals surface area contributed by atoms with Crippen LogP contribution in [-0.2, 0) is 0 Å². The lowest BCUT2D eigenvalue weighted by Crippen LogP contribution is -1.94. The van der Waals surface area contributed by atoms with E-state index in [0.29, 0.717) is 0 Å². The molecule has 6 aromatic carbocycles. The van der Waals surface area contributed by atoms with Gasteiger partial charge in [0.15, 0.2) is 0 Å². The molecule has 0 bridgehead atoms. The van der Waals surface area contributed by atoms with Gasteiger partial charge in [-0.1, -0.05) is 152 Å². The first-order valence-electron chi connectivity index (χ1n) is 16.7. The van der Waals surface area contributed by atoms with E-state index in [-0.39, 0.29) is 0 Å². The lowest BCUT2D eigenvalue weighted by Gasteiger charge is -2.13. The number of aromatic nitrogens is 2. The van der Waals surface area contributed by atoms with Crippen molar-refractivity contribution in [3.05, 3.63) is 200 Å². The van der Waals surface area contributed by atoms with Gasteiger partial charge in [-0.3, -0.25) is 4.98 Å². The van der Waals surface area contributed by atoms with Gasteiger partial charge in [0.05, 0.1) is 16.7 Å². The minimum atomic E-state index is 0.979. The highest BCUT2D eigenvalue weighted by Gasteiger charge is 2.19. The number of allylic oxidation sites excluding steroid dienone is 8. The topological polar surface area (TPSA) is 17.8 Å². The standard InChI is InChI=1S/C47H32N2/c1-2-5-13-33(14-6-3-1)34-20-22-35(23-21-34)38-28-29-42-45(31-38)49(39-15-7-4-8-16-39)46-32-43(40-17-9-10-18-41(40)47(42)46)36-24-26-37(27-25-36)44-19-11-12-30-48-44/h1-32H/b2-1?,3-1?,5-2+,6-3?,13-5?,14-6?,33-13-,33-14?. The van der Waals surface area contributed by atoms with Gasteiger partial charge in [0.1, 0.15) is 0 Å². The van der Waals surface area contributed by atoms with Crippen molar-refractivity contribution < 1.29 is 0 Å². The third-order valence-electron chi connectivity index (χ3n) is 9.49. The van der Waals surface area contributed by atoms with Gasteiger partial charge in [-0.05, 0) is 80.6 Å². The Kier molecular flexibility index (Phi) is 7.18. The van der Waals surface area contributed by atoms with Gasteiger partial charge in [0.2, 0.25) is 0 Å². The highest BCUT2D eigenvalue weighted by atomic mass is 15.0. The molecule has 230 valence electrons. The van der Waals surface area contributed by atoms with Gasteiger partial charge >= 0.3 is 0 Å². The highest BCUT2D eigenvalue weighted by molar-refractivity contribution is 6.24. The van der Waals surface area contributed by atoms with Crippen molar-refractivity contribution in [1.82, 2.24) is 9.55 Å². The van der Waals surface area contributed by atoms with Gasteiger partial charge in [-0.2, -0.15) is 0 Å². The summed E-state index contributed by atoms with van der Waals surface area (Å²) < 4.78 is 2.44. The van der Waals surface area contributed by atoms with Crippen molar-refractivity contribution in [2.75, 3.05) is 0 Å². The molecular weight excluding hydrogens is 593 g/mol. The Balaban J connectivity index is 1.23. The summed E-state index contributed by atoms with van der Waals surface area (Å²) in [6.45, 7) is 0. The lowest BCUT2D eigenvalue weighted by atomic mass is 9.93. The summed E-state index contributed by atoms with van der Waals surface area (Å²) in [4.78, 5) is 4.56. The van der Waals surface area contributed by atoms with Gasteiger partial charge in [0.25, 0.3) is 0 Å². The van der Waals surface area contributed by atoms with E-state index in [0.717, 1.165) is 16.9 Å². The summed E-state index contributed by atoms with van der Waals surface area (Å²) in [5.41, 5.74) is 12.8. The zero-order valence-electron chi connectivity index (χ0n) is 26.9. The molecule has 9 rings (SSSR count). The molecular formula is C47H32N2. The second kappa shape index (κ2) is 12.3. The van der Waals surface area contributed by atoms with Crippen LogP contribution in [0.1, 0.15) is 5.56 Å². The van der Waals surface area contributed by atoms with Crippen molar-refractivity contribution in [3.8, 4) is 39.2 Å². The normalized spacial score (nSPS) is 14.5. The van der Waals surface area contributed by atoms with Gasteiger partial charge < -0.3 is 4.57 Å². The van der Waals surface area contributed by atoms with Crippen LogP contribution in [0.3, 0.4) is 0 Å². The Bertz CT molecular complexity index is 2600. The predicted molar refractivity (Wildman–Crippen MR) is 208 cm³/mol. The summed E-state index contributed by atoms with van der Waals surface area (Å²) in [5.74, 6) is 0. The molecule has 8 aromatic rings. The zero-order chi connectivity index (χ0) is 32.6. The Morgan fingerprint density at radius 2 is 1.10 bits per heavy atom. The Labute approximate surface area is 285 Å². The van der Waals surface area contributed by atoms with E-state index in [4.69, 9.17) is 0 Å². The van der Waals surface area contributed by atoms with Crippen LogP contribution in [0.2, 0.25) is 0 Å². The molecule has 0 radical (unpaired) electrons. The molecule has 2 heteroatoms. The number of hydrogen-bond donors (Lipinski definition) is 0. The fraction of sp³-hybridized carbons (Fsp3) is 0. The number of para-hydroxylation sites is 1. The molecule has 1 aliphatic rings. The summed E-state index contributed by atoms with van der Waals surface area (Å²) in [7, 11) is 0. The maximum absolute atomic E-state index is 4.56. The molecule has 0 spiro atoms. The van der Waals surface area contributed by atoms with E-state index in [1.807, 2.05) is 24.4 Å². The highest BCUT2D eigenvalue weighted by Crippen LogP contribution is 2.42. The monoisotopic (exact) mass is 624 g/mol. The molecule has 2 nitrogen and oxygen atoms in total. The fourth-order valence-corrected chi connectivity index (χ4v) is 7.12. The van der Waals surface area contributed by atoms with E-state index >= 15 is 0 Å².